The standard InChI is InChI=1S/C28H31FN4O/c1-34-23-15-20-3-2-10-30-28(20)27(17-23)33-13-11-32(12-14-33)22-7-4-19(5-8-22)25-18-31-26-16-21(29)6-9-24(25)26/h2-3,6,9-10,15-19,22,31H,4-5,7-8,11-14H2,1H3/t19-,22+. The molecular formula is C28H31FN4O. The number of hydrogen-bond acceptors (Lipinski definition) is 4. The highest BCUT2D eigenvalue weighted by Gasteiger charge is 2.30. The number of nitrogens with one attached hydrogen (secondary N) is 1. The molecule has 1 aliphatic heterocycles. The van der Waals surface area contributed by atoms with Crippen LogP contribution in [0.1, 0.15) is 37.2 Å². The minimum atomic E-state index is -0.179. The summed E-state index contributed by atoms with van der Waals surface area (Å²) in [6.07, 6.45) is 8.81. The largest absolute Gasteiger partial charge is 0.497 e. The highest BCUT2D eigenvalue weighted by atomic mass is 19.1. The maximum absolute atomic E-state index is 13.6. The zero-order valence-corrected chi connectivity index (χ0v) is 19.6. The maximum atomic E-state index is 13.6. The molecular weight excluding hydrogens is 427 g/mol. The van der Waals surface area contributed by atoms with Gasteiger partial charge in [0.2, 0.25) is 0 Å². The van der Waals surface area contributed by atoms with Crippen LogP contribution in [-0.4, -0.2) is 54.2 Å². The highest BCUT2D eigenvalue weighted by molar-refractivity contribution is 5.92. The van der Waals surface area contributed by atoms with Gasteiger partial charge < -0.3 is 14.6 Å². The molecule has 3 heterocycles. The number of benzene rings is 2. The molecule has 1 saturated carbocycles. The number of methoxy groups -OCH3 is 1. The summed E-state index contributed by atoms with van der Waals surface area (Å²) in [4.78, 5) is 13.1. The molecule has 1 aliphatic carbocycles. The molecule has 5 nitrogen and oxygen atoms in total. The minimum absolute atomic E-state index is 0.179. The summed E-state index contributed by atoms with van der Waals surface area (Å²) in [5.41, 5.74) is 4.49. The molecule has 6 heteroatoms. The first-order valence-electron chi connectivity index (χ1n) is 12.4. The molecule has 0 unspecified atom stereocenters. The quantitative estimate of drug-likeness (QED) is 0.425. The van der Waals surface area contributed by atoms with Gasteiger partial charge in [0.15, 0.2) is 0 Å². The third-order valence-corrected chi connectivity index (χ3v) is 7.88. The van der Waals surface area contributed by atoms with E-state index in [0.717, 1.165) is 48.3 Å². The van der Waals surface area contributed by atoms with Crippen LogP contribution in [0.25, 0.3) is 21.8 Å². The van der Waals surface area contributed by atoms with Crippen LogP contribution in [0.15, 0.2) is 54.9 Å². The van der Waals surface area contributed by atoms with Gasteiger partial charge in [-0.3, -0.25) is 9.88 Å². The van der Waals surface area contributed by atoms with Gasteiger partial charge in [0, 0.05) is 67.0 Å². The van der Waals surface area contributed by atoms with Crippen LogP contribution in [0.2, 0.25) is 0 Å². The molecule has 0 atom stereocenters. The number of aromatic nitrogens is 2. The molecule has 4 aromatic rings. The molecule has 34 heavy (non-hydrogen) atoms. The maximum Gasteiger partial charge on any atom is 0.125 e. The predicted octanol–water partition coefficient (Wildman–Crippen LogP) is 5.71. The van der Waals surface area contributed by atoms with Crippen molar-refractivity contribution in [3.8, 4) is 5.75 Å². The van der Waals surface area contributed by atoms with Crippen molar-refractivity contribution in [2.24, 2.45) is 0 Å². The first-order chi connectivity index (χ1) is 16.7. The molecule has 6 rings (SSSR count). The fraction of sp³-hybridized carbons (Fsp3) is 0.393. The second kappa shape index (κ2) is 8.91. The first-order valence-corrected chi connectivity index (χ1v) is 12.4. The molecule has 0 spiro atoms. The Morgan fingerprint density at radius 1 is 1.00 bits per heavy atom. The summed E-state index contributed by atoms with van der Waals surface area (Å²) in [6, 6.07) is 14.0. The van der Waals surface area contributed by atoms with Gasteiger partial charge in [0.1, 0.15) is 11.6 Å². The number of ether oxygens (including phenoxy) is 1. The number of anilines is 1. The lowest BCUT2D eigenvalue weighted by atomic mass is 9.81. The smallest absolute Gasteiger partial charge is 0.125 e. The zero-order valence-electron chi connectivity index (χ0n) is 19.6. The van der Waals surface area contributed by atoms with Gasteiger partial charge in [-0.05, 0) is 67.5 Å². The van der Waals surface area contributed by atoms with Crippen molar-refractivity contribution < 1.29 is 9.13 Å². The average molecular weight is 459 g/mol. The molecule has 2 aromatic carbocycles. The van der Waals surface area contributed by atoms with Crippen LogP contribution in [0.3, 0.4) is 0 Å². The van der Waals surface area contributed by atoms with Crippen LogP contribution < -0.4 is 9.64 Å². The number of pyridine rings is 1. The second-order valence-corrected chi connectivity index (χ2v) is 9.68. The van der Waals surface area contributed by atoms with Crippen LogP contribution in [0.4, 0.5) is 10.1 Å². The lowest BCUT2D eigenvalue weighted by Gasteiger charge is -2.42. The molecule has 2 aliphatic rings. The molecule has 1 N–H and O–H groups in total. The topological polar surface area (TPSA) is 44.4 Å². The molecule has 2 aromatic heterocycles. The molecule has 2 fully saturated rings. The molecule has 1 saturated heterocycles. The number of fused-ring (bicyclic) bond motifs is 2. The van der Waals surface area contributed by atoms with Crippen LogP contribution in [0, 0.1) is 5.82 Å². The van der Waals surface area contributed by atoms with E-state index >= 15 is 0 Å². The van der Waals surface area contributed by atoms with E-state index in [1.54, 1.807) is 19.2 Å². The van der Waals surface area contributed by atoms with E-state index in [4.69, 9.17) is 4.74 Å². The summed E-state index contributed by atoms with van der Waals surface area (Å²) >= 11 is 0. The monoisotopic (exact) mass is 458 g/mol. The zero-order chi connectivity index (χ0) is 23.1. The van der Waals surface area contributed by atoms with Crippen LogP contribution in [0.5, 0.6) is 5.75 Å². The van der Waals surface area contributed by atoms with Crippen molar-refractivity contribution in [2.45, 2.75) is 37.6 Å². The van der Waals surface area contributed by atoms with Gasteiger partial charge in [-0.2, -0.15) is 0 Å². The number of rotatable bonds is 4. The van der Waals surface area contributed by atoms with Crippen molar-refractivity contribution in [1.29, 1.82) is 0 Å². The van der Waals surface area contributed by atoms with E-state index < -0.39 is 0 Å². The van der Waals surface area contributed by atoms with Gasteiger partial charge in [-0.15, -0.1) is 0 Å². The molecule has 0 amide bonds. The third kappa shape index (κ3) is 3.90. The average Bonchev–Trinajstić information content (AvgIpc) is 3.31. The van der Waals surface area contributed by atoms with Gasteiger partial charge in [0.25, 0.3) is 0 Å². The Labute approximate surface area is 199 Å². The van der Waals surface area contributed by atoms with E-state index in [1.165, 1.54) is 42.3 Å². The number of H-pyrrole nitrogens is 1. The summed E-state index contributed by atoms with van der Waals surface area (Å²) in [6.45, 7) is 4.17. The lowest BCUT2D eigenvalue weighted by molar-refractivity contribution is 0.141. The van der Waals surface area contributed by atoms with Crippen molar-refractivity contribution in [1.82, 2.24) is 14.9 Å². The Hall–Kier alpha value is -3.12. The van der Waals surface area contributed by atoms with E-state index in [9.17, 15) is 4.39 Å². The van der Waals surface area contributed by atoms with Crippen molar-refractivity contribution in [3.05, 3.63) is 66.2 Å². The summed E-state index contributed by atoms with van der Waals surface area (Å²) < 4.78 is 19.1. The Morgan fingerprint density at radius 3 is 2.62 bits per heavy atom. The summed E-state index contributed by atoms with van der Waals surface area (Å²) in [7, 11) is 1.73. The number of halogens is 1. The van der Waals surface area contributed by atoms with Gasteiger partial charge >= 0.3 is 0 Å². The first kappa shape index (κ1) is 21.4. The van der Waals surface area contributed by atoms with E-state index in [-0.39, 0.29) is 5.82 Å². The number of aromatic amines is 1. The summed E-state index contributed by atoms with van der Waals surface area (Å²) in [5, 5.41) is 2.30. The van der Waals surface area contributed by atoms with Gasteiger partial charge in [-0.25, -0.2) is 4.39 Å². The van der Waals surface area contributed by atoms with Crippen molar-refractivity contribution in [3.63, 3.8) is 0 Å². The minimum Gasteiger partial charge on any atom is -0.497 e. The number of piperazine rings is 1. The Bertz CT molecular complexity index is 1300. The predicted molar refractivity (Wildman–Crippen MR) is 135 cm³/mol. The lowest BCUT2D eigenvalue weighted by Crippen LogP contribution is -2.51. The molecule has 0 radical (unpaired) electrons. The van der Waals surface area contributed by atoms with Crippen molar-refractivity contribution in [2.75, 3.05) is 38.2 Å². The third-order valence-electron chi connectivity index (χ3n) is 7.88. The fourth-order valence-corrected chi connectivity index (χ4v) is 6.04. The number of nitrogens with zero attached hydrogens (tertiary/aromatic N) is 3. The molecule has 176 valence electrons. The Kier molecular flexibility index (Phi) is 5.61. The second-order valence-electron chi connectivity index (χ2n) is 9.68. The van der Waals surface area contributed by atoms with Crippen LogP contribution >= 0.6 is 0 Å². The van der Waals surface area contributed by atoms with Crippen molar-refractivity contribution >= 4 is 27.5 Å². The van der Waals surface area contributed by atoms with Crippen LogP contribution in [-0.2, 0) is 0 Å². The highest BCUT2D eigenvalue weighted by Crippen LogP contribution is 2.39. The summed E-state index contributed by atoms with van der Waals surface area (Å²) in [5.74, 6) is 1.27. The molecule has 0 bridgehead atoms. The Morgan fingerprint density at radius 2 is 1.82 bits per heavy atom. The SMILES string of the molecule is COc1cc(N2CCN([C@H]3CC[C@@H](c4c[nH]c5cc(F)ccc54)CC3)CC2)c2ncccc2c1. The van der Waals surface area contributed by atoms with E-state index in [2.05, 4.69) is 44.2 Å². The van der Waals surface area contributed by atoms with E-state index in [0.29, 0.717) is 12.0 Å². The fourth-order valence-electron chi connectivity index (χ4n) is 6.04. The van der Waals surface area contributed by atoms with Gasteiger partial charge in [-0.1, -0.05) is 6.07 Å². The number of hydrogen-bond donors (Lipinski definition) is 1. The van der Waals surface area contributed by atoms with E-state index in [1.807, 2.05) is 18.3 Å². The Balaban J connectivity index is 1.10. The van der Waals surface area contributed by atoms with Gasteiger partial charge in [0.05, 0.1) is 18.3 Å². The normalized spacial score (nSPS) is 21.9.